The first kappa shape index (κ1) is 22.2. The van der Waals surface area contributed by atoms with Crippen LogP contribution in [0.4, 0.5) is 4.39 Å². The average Bonchev–Trinajstić information content (AvgIpc) is 3.33. The van der Waals surface area contributed by atoms with Crippen LogP contribution < -0.4 is 0 Å². The fourth-order valence-corrected chi connectivity index (χ4v) is 4.52. The van der Waals surface area contributed by atoms with E-state index in [4.69, 9.17) is 9.47 Å². The predicted molar refractivity (Wildman–Crippen MR) is 118 cm³/mol. The molecule has 3 heterocycles. The quantitative estimate of drug-likeness (QED) is 0.403. The highest BCUT2D eigenvalue weighted by molar-refractivity contribution is 7.99. The number of thioether (sulfide) groups is 2. The van der Waals surface area contributed by atoms with E-state index in [1.807, 2.05) is 42.8 Å². The summed E-state index contributed by atoms with van der Waals surface area (Å²) in [5, 5.41) is 16.8. The number of halogens is 1. The number of benzene rings is 1. The Bertz CT molecular complexity index is 1070. The molecule has 164 valence electrons. The summed E-state index contributed by atoms with van der Waals surface area (Å²) in [5.74, 6) is -2.99. The van der Waals surface area contributed by atoms with Crippen molar-refractivity contribution in [1.82, 2.24) is 19.6 Å². The zero-order valence-electron chi connectivity index (χ0n) is 17.1. The summed E-state index contributed by atoms with van der Waals surface area (Å²) in [7, 11) is 0. The first-order valence-electron chi connectivity index (χ1n) is 9.64. The molecule has 3 aromatic rings. The van der Waals surface area contributed by atoms with Gasteiger partial charge in [0, 0.05) is 5.92 Å². The molecule has 10 heteroatoms. The molecule has 2 aromatic heterocycles. The minimum Gasteiger partial charge on any atom is -0.374 e. The third-order valence-electron chi connectivity index (χ3n) is 5.19. The van der Waals surface area contributed by atoms with Crippen LogP contribution in [0.1, 0.15) is 11.3 Å². The molecular formula is C21H23FN4O3S2. The van der Waals surface area contributed by atoms with Crippen LogP contribution in [0.5, 0.6) is 0 Å². The standard InChI is InChI=1S/C21H23FN4O3S2/c1-4-14-15(12-28-11-13-8-6-5-7-9-13)29-21(27,17(14)22)16-10-23-18-19(30-2)24-20(31-3)25-26(16)18/h4-10,14-15,17,27H,1,11-12H2,2-3H3/t14-,15-,17-,21+/m1/s1. The molecule has 1 aromatic carbocycles. The van der Waals surface area contributed by atoms with Crippen molar-refractivity contribution in [3.05, 3.63) is 60.4 Å². The molecule has 1 fully saturated rings. The summed E-state index contributed by atoms with van der Waals surface area (Å²) in [6.45, 7) is 4.19. The lowest BCUT2D eigenvalue weighted by atomic mass is 9.95. The molecule has 31 heavy (non-hydrogen) atoms. The molecule has 0 amide bonds. The van der Waals surface area contributed by atoms with Crippen LogP contribution in [0.2, 0.25) is 0 Å². The fraction of sp³-hybridized carbons (Fsp3) is 0.381. The molecule has 0 aliphatic carbocycles. The van der Waals surface area contributed by atoms with E-state index in [1.165, 1.54) is 40.3 Å². The number of imidazole rings is 1. The van der Waals surface area contributed by atoms with Crippen molar-refractivity contribution in [3.8, 4) is 0 Å². The minimum atomic E-state index is -2.24. The van der Waals surface area contributed by atoms with E-state index in [0.717, 1.165) is 5.56 Å². The van der Waals surface area contributed by atoms with Gasteiger partial charge in [-0.15, -0.1) is 23.4 Å². The third-order valence-corrected chi connectivity index (χ3v) is 6.39. The van der Waals surface area contributed by atoms with E-state index >= 15 is 4.39 Å². The van der Waals surface area contributed by atoms with Crippen molar-refractivity contribution in [2.24, 2.45) is 5.92 Å². The predicted octanol–water partition coefficient (Wildman–Crippen LogP) is 3.47. The molecule has 1 N–H and O–H groups in total. The number of hydrogen-bond donors (Lipinski definition) is 1. The van der Waals surface area contributed by atoms with Crippen LogP contribution in [0.15, 0.2) is 59.4 Å². The molecule has 1 aliphatic heterocycles. The van der Waals surface area contributed by atoms with Gasteiger partial charge in [0.1, 0.15) is 10.7 Å². The molecule has 0 saturated carbocycles. The fourth-order valence-electron chi connectivity index (χ4n) is 3.61. The summed E-state index contributed by atoms with van der Waals surface area (Å²) in [6, 6.07) is 9.66. The second-order valence-electron chi connectivity index (χ2n) is 7.05. The number of aromatic nitrogens is 4. The van der Waals surface area contributed by atoms with Gasteiger partial charge in [-0.05, 0) is 18.1 Å². The second kappa shape index (κ2) is 9.25. The average molecular weight is 463 g/mol. The van der Waals surface area contributed by atoms with Crippen molar-refractivity contribution in [2.75, 3.05) is 19.1 Å². The molecule has 1 aliphatic rings. The van der Waals surface area contributed by atoms with E-state index in [9.17, 15) is 5.11 Å². The van der Waals surface area contributed by atoms with Crippen molar-refractivity contribution < 1.29 is 19.0 Å². The lowest BCUT2D eigenvalue weighted by molar-refractivity contribution is -0.232. The van der Waals surface area contributed by atoms with Gasteiger partial charge < -0.3 is 14.6 Å². The van der Waals surface area contributed by atoms with Crippen LogP contribution in [0.3, 0.4) is 0 Å². The van der Waals surface area contributed by atoms with Crippen molar-refractivity contribution >= 4 is 29.2 Å². The Morgan fingerprint density at radius 1 is 1.32 bits per heavy atom. The topological polar surface area (TPSA) is 81.8 Å². The van der Waals surface area contributed by atoms with E-state index in [0.29, 0.717) is 22.4 Å². The maximum absolute atomic E-state index is 15.5. The third kappa shape index (κ3) is 4.10. The summed E-state index contributed by atoms with van der Waals surface area (Å²) < 4.78 is 28.5. The van der Waals surface area contributed by atoms with Crippen molar-refractivity contribution in [1.29, 1.82) is 0 Å². The Morgan fingerprint density at radius 3 is 2.77 bits per heavy atom. The lowest BCUT2D eigenvalue weighted by Gasteiger charge is -2.24. The van der Waals surface area contributed by atoms with Gasteiger partial charge in [-0.1, -0.05) is 48.2 Å². The molecule has 0 spiro atoms. The Kier molecular flexibility index (Phi) is 6.63. The SMILES string of the molecule is C=C[C@H]1[C@@H](F)[C@](O)(c2cnc3c(SC)nc(SC)nn23)O[C@@H]1COCc1ccccc1. The highest BCUT2D eigenvalue weighted by atomic mass is 32.2. The van der Waals surface area contributed by atoms with Crippen LogP contribution >= 0.6 is 23.5 Å². The van der Waals surface area contributed by atoms with E-state index < -0.39 is 24.0 Å². The summed E-state index contributed by atoms with van der Waals surface area (Å²) >= 11 is 2.74. The van der Waals surface area contributed by atoms with Crippen LogP contribution in [-0.2, 0) is 21.9 Å². The minimum absolute atomic E-state index is 0.103. The summed E-state index contributed by atoms with van der Waals surface area (Å²) in [6.07, 6.45) is 4.07. The molecule has 4 atom stereocenters. The van der Waals surface area contributed by atoms with Crippen molar-refractivity contribution in [2.45, 2.75) is 34.9 Å². The number of aliphatic hydroxyl groups is 1. The van der Waals surface area contributed by atoms with Crippen LogP contribution in [0.25, 0.3) is 5.65 Å². The monoisotopic (exact) mass is 462 g/mol. The van der Waals surface area contributed by atoms with Crippen LogP contribution in [-0.4, -0.2) is 56.1 Å². The van der Waals surface area contributed by atoms with E-state index in [-0.39, 0.29) is 12.3 Å². The van der Waals surface area contributed by atoms with Gasteiger partial charge in [0.2, 0.25) is 10.9 Å². The Morgan fingerprint density at radius 2 is 2.10 bits per heavy atom. The first-order valence-corrected chi connectivity index (χ1v) is 12.1. The molecular weight excluding hydrogens is 439 g/mol. The van der Waals surface area contributed by atoms with Gasteiger partial charge in [-0.2, -0.15) is 0 Å². The molecule has 0 radical (unpaired) electrons. The van der Waals surface area contributed by atoms with Gasteiger partial charge in [-0.3, -0.25) is 0 Å². The van der Waals surface area contributed by atoms with Gasteiger partial charge in [0.05, 0.1) is 25.5 Å². The number of rotatable bonds is 8. The second-order valence-corrected chi connectivity index (χ2v) is 8.62. The molecule has 7 nitrogen and oxygen atoms in total. The largest absolute Gasteiger partial charge is 0.374 e. The number of alkyl halides is 1. The molecule has 4 rings (SSSR count). The first-order chi connectivity index (χ1) is 15.0. The summed E-state index contributed by atoms with van der Waals surface area (Å²) in [4.78, 5) is 8.73. The highest BCUT2D eigenvalue weighted by Gasteiger charge is 2.57. The Hall–Kier alpha value is -1.98. The van der Waals surface area contributed by atoms with Gasteiger partial charge in [0.25, 0.3) is 0 Å². The lowest BCUT2D eigenvalue weighted by Crippen LogP contribution is -2.37. The van der Waals surface area contributed by atoms with E-state index in [1.54, 1.807) is 0 Å². The Labute approximate surface area is 188 Å². The van der Waals surface area contributed by atoms with Crippen molar-refractivity contribution in [3.63, 3.8) is 0 Å². The van der Waals surface area contributed by atoms with Gasteiger partial charge >= 0.3 is 0 Å². The molecule has 1 saturated heterocycles. The van der Waals surface area contributed by atoms with Gasteiger partial charge in [-0.25, -0.2) is 18.9 Å². The summed E-state index contributed by atoms with van der Waals surface area (Å²) in [5.41, 5.74) is 1.54. The Balaban J connectivity index is 1.61. The highest BCUT2D eigenvalue weighted by Crippen LogP contribution is 2.44. The number of hydrogen-bond acceptors (Lipinski definition) is 8. The normalized spacial score (nSPS) is 25.9. The smallest absolute Gasteiger partial charge is 0.245 e. The molecule has 0 unspecified atom stereocenters. The zero-order valence-corrected chi connectivity index (χ0v) is 18.8. The maximum Gasteiger partial charge on any atom is 0.245 e. The molecule has 0 bridgehead atoms. The number of nitrogens with zero attached hydrogens (tertiary/aromatic N) is 4. The number of ether oxygens (including phenoxy) is 2. The van der Waals surface area contributed by atoms with Crippen LogP contribution in [0, 0.1) is 5.92 Å². The maximum atomic E-state index is 15.5. The van der Waals surface area contributed by atoms with E-state index in [2.05, 4.69) is 21.6 Å². The zero-order chi connectivity index (χ0) is 22.0. The number of fused-ring (bicyclic) bond motifs is 1. The van der Waals surface area contributed by atoms with Gasteiger partial charge in [0.15, 0.2) is 11.8 Å².